The average Bonchev–Trinajstić information content (AvgIpc) is 3.05. The zero-order valence-electron chi connectivity index (χ0n) is 8.99. The number of guanidine groups is 1. The minimum Gasteiger partial charge on any atom is -0.370 e. The summed E-state index contributed by atoms with van der Waals surface area (Å²) in [5.41, 5.74) is 6.82. The first kappa shape index (κ1) is 11.2. The molecule has 2 rings (SSSR count). The molecule has 4 nitrogen and oxygen atoms in total. The van der Waals surface area contributed by atoms with Gasteiger partial charge >= 0.3 is 0 Å². The van der Waals surface area contributed by atoms with Crippen molar-refractivity contribution < 1.29 is 0 Å². The molecule has 3 N–H and O–H groups in total. The lowest BCUT2D eigenvalue weighted by molar-refractivity contribution is 0.869. The van der Waals surface area contributed by atoms with Crippen LogP contribution in [0.3, 0.4) is 0 Å². The van der Waals surface area contributed by atoms with Crippen molar-refractivity contribution in [1.29, 1.82) is 0 Å². The Morgan fingerprint density at radius 1 is 1.56 bits per heavy atom. The van der Waals surface area contributed by atoms with E-state index in [1.165, 1.54) is 12.8 Å². The van der Waals surface area contributed by atoms with Crippen LogP contribution in [0, 0.1) is 0 Å². The highest BCUT2D eigenvalue weighted by Crippen LogP contribution is 2.17. The van der Waals surface area contributed by atoms with E-state index in [0.717, 1.165) is 12.0 Å². The van der Waals surface area contributed by atoms with E-state index in [-0.39, 0.29) is 0 Å². The molecule has 0 spiro atoms. The third-order valence-corrected chi connectivity index (χ3v) is 2.62. The van der Waals surface area contributed by atoms with Crippen LogP contribution >= 0.6 is 11.6 Å². The van der Waals surface area contributed by atoms with Crippen molar-refractivity contribution in [3.63, 3.8) is 0 Å². The highest BCUT2D eigenvalue weighted by Gasteiger charge is 2.21. The van der Waals surface area contributed by atoms with Gasteiger partial charge in [0.05, 0.1) is 0 Å². The van der Waals surface area contributed by atoms with Crippen LogP contribution in [0.25, 0.3) is 0 Å². The van der Waals surface area contributed by atoms with Crippen LogP contribution < -0.4 is 11.1 Å². The van der Waals surface area contributed by atoms with Gasteiger partial charge in [-0.2, -0.15) is 0 Å². The van der Waals surface area contributed by atoms with Crippen molar-refractivity contribution in [3.8, 4) is 0 Å². The fourth-order valence-electron chi connectivity index (χ4n) is 1.34. The SMILES string of the molecule is NC(=NCCc1ccc(Cl)nc1)NC1CC1. The molecule has 1 heterocycles. The van der Waals surface area contributed by atoms with Gasteiger partial charge < -0.3 is 11.1 Å². The zero-order chi connectivity index (χ0) is 11.4. The van der Waals surface area contributed by atoms with E-state index in [2.05, 4.69) is 15.3 Å². The molecule has 1 saturated carbocycles. The molecule has 0 unspecified atom stereocenters. The van der Waals surface area contributed by atoms with E-state index in [9.17, 15) is 0 Å². The van der Waals surface area contributed by atoms with E-state index < -0.39 is 0 Å². The molecular weight excluding hydrogens is 224 g/mol. The Hall–Kier alpha value is -1.29. The Balaban J connectivity index is 1.75. The lowest BCUT2D eigenvalue weighted by Gasteiger charge is -2.03. The quantitative estimate of drug-likeness (QED) is 0.473. The lowest BCUT2D eigenvalue weighted by atomic mass is 10.2. The molecule has 0 radical (unpaired) electrons. The van der Waals surface area contributed by atoms with Crippen molar-refractivity contribution in [2.75, 3.05) is 6.54 Å². The second-order valence-electron chi connectivity index (χ2n) is 3.92. The average molecular weight is 239 g/mol. The Kier molecular flexibility index (Phi) is 3.62. The maximum Gasteiger partial charge on any atom is 0.188 e. The van der Waals surface area contributed by atoms with Crippen LogP contribution in [-0.4, -0.2) is 23.5 Å². The van der Waals surface area contributed by atoms with E-state index >= 15 is 0 Å². The number of halogens is 1. The van der Waals surface area contributed by atoms with Crippen molar-refractivity contribution in [1.82, 2.24) is 10.3 Å². The van der Waals surface area contributed by atoms with Crippen molar-refractivity contribution in [2.24, 2.45) is 10.7 Å². The fraction of sp³-hybridized carbons (Fsp3) is 0.455. The predicted octanol–water partition coefficient (Wildman–Crippen LogP) is 1.34. The lowest BCUT2D eigenvalue weighted by Crippen LogP contribution is -2.33. The summed E-state index contributed by atoms with van der Waals surface area (Å²) in [6.07, 6.45) is 5.01. The summed E-state index contributed by atoms with van der Waals surface area (Å²) in [7, 11) is 0. The van der Waals surface area contributed by atoms with E-state index in [1.807, 2.05) is 6.07 Å². The number of hydrogen-bond donors (Lipinski definition) is 2. The standard InChI is InChI=1S/C11H15ClN4/c12-10-4-1-8(7-15-10)5-6-14-11(13)16-9-2-3-9/h1,4,7,9H,2-3,5-6H2,(H3,13,14,16). The molecule has 0 aliphatic heterocycles. The summed E-state index contributed by atoms with van der Waals surface area (Å²) in [5.74, 6) is 0.546. The van der Waals surface area contributed by atoms with Gasteiger partial charge in [-0.15, -0.1) is 0 Å². The summed E-state index contributed by atoms with van der Waals surface area (Å²) in [6, 6.07) is 4.29. The van der Waals surface area contributed by atoms with Gasteiger partial charge in [0.15, 0.2) is 5.96 Å². The van der Waals surface area contributed by atoms with Gasteiger partial charge in [-0.05, 0) is 30.9 Å². The Morgan fingerprint density at radius 2 is 2.38 bits per heavy atom. The second-order valence-corrected chi connectivity index (χ2v) is 4.31. The number of rotatable bonds is 4. The Morgan fingerprint density at radius 3 is 3.00 bits per heavy atom. The molecule has 0 aromatic carbocycles. The van der Waals surface area contributed by atoms with Crippen molar-refractivity contribution in [3.05, 3.63) is 29.0 Å². The fourth-order valence-corrected chi connectivity index (χ4v) is 1.45. The Labute approximate surface area is 99.9 Å². The maximum atomic E-state index is 5.71. The van der Waals surface area contributed by atoms with Crippen molar-refractivity contribution >= 4 is 17.6 Å². The molecule has 1 aliphatic rings. The zero-order valence-corrected chi connectivity index (χ0v) is 9.74. The number of pyridine rings is 1. The van der Waals surface area contributed by atoms with Gasteiger partial charge in [0.2, 0.25) is 0 Å². The first-order valence-electron chi connectivity index (χ1n) is 5.41. The Bertz CT molecular complexity index is 370. The molecule has 0 saturated heterocycles. The summed E-state index contributed by atoms with van der Waals surface area (Å²) >= 11 is 5.69. The topological polar surface area (TPSA) is 63.3 Å². The summed E-state index contributed by atoms with van der Waals surface area (Å²) in [6.45, 7) is 0.675. The molecule has 0 amide bonds. The molecular formula is C11H15ClN4. The number of aliphatic imine (C=N–C) groups is 1. The third kappa shape index (κ3) is 3.70. The largest absolute Gasteiger partial charge is 0.370 e. The third-order valence-electron chi connectivity index (χ3n) is 2.40. The smallest absolute Gasteiger partial charge is 0.188 e. The maximum absolute atomic E-state index is 5.71. The molecule has 1 aromatic heterocycles. The molecule has 1 aliphatic carbocycles. The minimum atomic E-state index is 0.516. The van der Waals surface area contributed by atoms with Crippen LogP contribution in [-0.2, 0) is 6.42 Å². The van der Waals surface area contributed by atoms with Gasteiger partial charge in [0.1, 0.15) is 5.15 Å². The van der Waals surface area contributed by atoms with Crippen LogP contribution in [0.4, 0.5) is 0 Å². The first-order chi connectivity index (χ1) is 7.74. The van der Waals surface area contributed by atoms with Gasteiger partial charge in [0.25, 0.3) is 0 Å². The number of hydrogen-bond acceptors (Lipinski definition) is 2. The summed E-state index contributed by atoms with van der Waals surface area (Å²) in [4.78, 5) is 8.25. The van der Waals surface area contributed by atoms with Gasteiger partial charge in [-0.25, -0.2) is 4.98 Å². The molecule has 0 atom stereocenters. The first-order valence-corrected chi connectivity index (χ1v) is 5.79. The van der Waals surface area contributed by atoms with Crippen LogP contribution in [0.1, 0.15) is 18.4 Å². The van der Waals surface area contributed by atoms with E-state index in [1.54, 1.807) is 12.3 Å². The highest BCUT2D eigenvalue weighted by atomic mass is 35.5. The number of nitrogens with zero attached hydrogens (tertiary/aromatic N) is 2. The summed E-state index contributed by atoms with van der Waals surface area (Å²) < 4.78 is 0. The van der Waals surface area contributed by atoms with Gasteiger partial charge in [-0.3, -0.25) is 4.99 Å². The van der Waals surface area contributed by atoms with E-state index in [0.29, 0.717) is 23.7 Å². The number of nitrogens with two attached hydrogens (primary N) is 1. The van der Waals surface area contributed by atoms with Crippen molar-refractivity contribution in [2.45, 2.75) is 25.3 Å². The molecule has 1 aromatic rings. The van der Waals surface area contributed by atoms with Crippen LogP contribution in [0.2, 0.25) is 5.15 Å². The minimum absolute atomic E-state index is 0.516. The monoisotopic (exact) mass is 238 g/mol. The summed E-state index contributed by atoms with van der Waals surface area (Å²) in [5, 5.41) is 3.66. The normalized spacial score (nSPS) is 16.2. The predicted molar refractivity (Wildman–Crippen MR) is 65.6 cm³/mol. The number of aromatic nitrogens is 1. The van der Waals surface area contributed by atoms with E-state index in [4.69, 9.17) is 17.3 Å². The molecule has 86 valence electrons. The molecule has 5 heteroatoms. The highest BCUT2D eigenvalue weighted by molar-refractivity contribution is 6.29. The number of nitrogens with one attached hydrogen (secondary N) is 1. The van der Waals surface area contributed by atoms with Gasteiger partial charge in [-0.1, -0.05) is 17.7 Å². The van der Waals surface area contributed by atoms with Crippen LogP contribution in [0.15, 0.2) is 23.3 Å². The van der Waals surface area contributed by atoms with Gasteiger partial charge in [0, 0.05) is 18.8 Å². The van der Waals surface area contributed by atoms with Crippen LogP contribution in [0.5, 0.6) is 0 Å². The molecule has 1 fully saturated rings. The second kappa shape index (κ2) is 5.16. The molecule has 16 heavy (non-hydrogen) atoms. The molecule has 0 bridgehead atoms.